The second-order valence-corrected chi connectivity index (χ2v) is 3.72. The lowest BCUT2D eigenvalue weighted by atomic mass is 10.2. The summed E-state index contributed by atoms with van der Waals surface area (Å²) in [7, 11) is 0. The van der Waals surface area contributed by atoms with E-state index in [2.05, 4.69) is 5.10 Å². The van der Waals surface area contributed by atoms with Gasteiger partial charge in [-0.15, -0.1) is 0 Å². The van der Waals surface area contributed by atoms with Crippen molar-refractivity contribution < 1.29 is 5.11 Å². The maximum Gasteiger partial charge on any atom is 0.276 e. The average molecular weight is 254 g/mol. The number of hydrogen-bond donors (Lipinski definition) is 2. The molecule has 0 saturated carbocycles. The Morgan fingerprint density at radius 1 is 1.37 bits per heavy atom. The summed E-state index contributed by atoms with van der Waals surface area (Å²) in [6.07, 6.45) is 1.40. The van der Waals surface area contributed by atoms with Crippen LogP contribution in [0.5, 0.6) is 5.88 Å². The quantitative estimate of drug-likeness (QED) is 0.776. The minimum absolute atomic E-state index is 0.0730. The van der Waals surface area contributed by atoms with E-state index in [-0.39, 0.29) is 11.3 Å². The van der Waals surface area contributed by atoms with Crippen molar-refractivity contribution in [2.45, 2.75) is 0 Å². The normalized spacial score (nSPS) is 10.5. The van der Waals surface area contributed by atoms with Crippen molar-refractivity contribution in [2.75, 3.05) is 5.73 Å². The van der Waals surface area contributed by atoms with E-state index in [0.29, 0.717) is 0 Å². The summed E-state index contributed by atoms with van der Waals surface area (Å²) in [4.78, 5) is 11.7. The third kappa shape index (κ3) is 2.45. The van der Waals surface area contributed by atoms with E-state index in [1.807, 2.05) is 18.2 Å². The summed E-state index contributed by atoms with van der Waals surface area (Å²) < 4.78 is 0.724. The maximum absolute atomic E-state index is 11.7. The van der Waals surface area contributed by atoms with E-state index in [0.717, 1.165) is 16.3 Å². The molecule has 1 aromatic carbocycles. The Morgan fingerprint density at radius 3 is 2.68 bits per heavy atom. The molecule has 0 unspecified atom stereocenters. The highest BCUT2D eigenvalue weighted by atomic mass is 16.3. The van der Waals surface area contributed by atoms with Gasteiger partial charge in [-0.3, -0.25) is 4.79 Å². The third-order valence-electron chi connectivity index (χ3n) is 2.43. The second kappa shape index (κ2) is 5.06. The van der Waals surface area contributed by atoms with Gasteiger partial charge in [0.2, 0.25) is 5.88 Å². The highest BCUT2D eigenvalue weighted by Crippen LogP contribution is 2.19. The van der Waals surface area contributed by atoms with Crippen molar-refractivity contribution in [3.8, 4) is 11.9 Å². The van der Waals surface area contributed by atoms with E-state index in [1.54, 1.807) is 18.2 Å². The van der Waals surface area contributed by atoms with E-state index in [1.165, 1.54) is 6.21 Å². The van der Waals surface area contributed by atoms with Crippen LogP contribution in [0, 0.1) is 11.3 Å². The molecule has 2 aromatic rings. The monoisotopic (exact) mass is 254 g/mol. The molecule has 0 amide bonds. The molecule has 0 saturated heterocycles. The Hall–Kier alpha value is -3.07. The molecule has 6 heteroatoms. The number of rotatable bonds is 2. The SMILES string of the molecule is N#Cc1c(N)cc(=O)n(/N=C/c2ccccc2)c1O. The molecule has 0 aliphatic rings. The molecule has 0 atom stereocenters. The molecule has 19 heavy (non-hydrogen) atoms. The van der Waals surface area contributed by atoms with Gasteiger partial charge in [0.25, 0.3) is 5.56 Å². The molecule has 3 N–H and O–H groups in total. The Labute approximate surface area is 108 Å². The molecule has 1 aromatic heterocycles. The highest BCUT2D eigenvalue weighted by molar-refractivity contribution is 5.79. The molecule has 6 nitrogen and oxygen atoms in total. The number of aromatic hydroxyl groups is 1. The fraction of sp³-hybridized carbons (Fsp3) is 0. The van der Waals surface area contributed by atoms with Gasteiger partial charge in [-0.2, -0.15) is 15.0 Å². The Kier molecular flexibility index (Phi) is 3.30. The predicted octanol–water partition coefficient (Wildman–Crippen LogP) is 0.890. The van der Waals surface area contributed by atoms with Crippen LogP contribution in [0.3, 0.4) is 0 Å². The minimum atomic E-state index is -0.610. The standard InChI is InChI=1S/C13H10N4O2/c14-7-10-11(15)6-12(18)17(13(10)19)16-8-9-4-2-1-3-5-9/h1-6,8,19H,15H2/b16-8+. The summed E-state index contributed by atoms with van der Waals surface area (Å²) in [5.41, 5.74) is 5.36. The summed E-state index contributed by atoms with van der Waals surface area (Å²) in [6, 6.07) is 11.8. The molecule has 94 valence electrons. The Bertz CT molecular complexity index is 727. The highest BCUT2D eigenvalue weighted by Gasteiger charge is 2.12. The number of nitrogens with zero attached hydrogens (tertiary/aromatic N) is 3. The van der Waals surface area contributed by atoms with Crippen LogP contribution in [0.2, 0.25) is 0 Å². The van der Waals surface area contributed by atoms with Gasteiger partial charge >= 0.3 is 0 Å². The van der Waals surface area contributed by atoms with Gasteiger partial charge in [-0.1, -0.05) is 30.3 Å². The van der Waals surface area contributed by atoms with E-state index < -0.39 is 11.4 Å². The molecular weight excluding hydrogens is 244 g/mol. The van der Waals surface area contributed by atoms with Gasteiger partial charge < -0.3 is 10.8 Å². The third-order valence-corrected chi connectivity index (χ3v) is 2.43. The smallest absolute Gasteiger partial charge is 0.276 e. The number of nitrogen functional groups attached to an aromatic ring is 1. The summed E-state index contributed by atoms with van der Waals surface area (Å²) in [5, 5.41) is 22.5. The number of aromatic nitrogens is 1. The first kappa shape index (κ1) is 12.4. The molecular formula is C13H10N4O2. The molecule has 1 heterocycles. The van der Waals surface area contributed by atoms with Crippen molar-refractivity contribution in [3.63, 3.8) is 0 Å². The Balaban J connectivity index is 2.50. The number of hydrogen-bond acceptors (Lipinski definition) is 5. The van der Waals surface area contributed by atoms with E-state index in [9.17, 15) is 9.90 Å². The van der Waals surface area contributed by atoms with Crippen LogP contribution in [-0.2, 0) is 0 Å². The van der Waals surface area contributed by atoms with Gasteiger partial charge in [0, 0.05) is 6.07 Å². The van der Waals surface area contributed by atoms with Crippen LogP contribution in [0.25, 0.3) is 0 Å². The largest absolute Gasteiger partial charge is 0.492 e. The minimum Gasteiger partial charge on any atom is -0.492 e. The van der Waals surface area contributed by atoms with Gasteiger partial charge in [0.1, 0.15) is 11.6 Å². The maximum atomic E-state index is 11.7. The van der Waals surface area contributed by atoms with E-state index in [4.69, 9.17) is 11.0 Å². The van der Waals surface area contributed by atoms with Crippen molar-refractivity contribution >= 4 is 11.9 Å². The first-order valence-electron chi connectivity index (χ1n) is 5.37. The van der Waals surface area contributed by atoms with Gasteiger partial charge in [0.05, 0.1) is 11.9 Å². The number of anilines is 1. The number of nitrogens with two attached hydrogens (primary N) is 1. The topological polar surface area (TPSA) is 104 Å². The van der Waals surface area contributed by atoms with Crippen LogP contribution in [0.15, 0.2) is 46.3 Å². The lowest BCUT2D eigenvalue weighted by Crippen LogP contribution is -2.17. The molecule has 2 rings (SSSR count). The zero-order valence-corrected chi connectivity index (χ0v) is 9.82. The zero-order valence-electron chi connectivity index (χ0n) is 9.82. The average Bonchev–Trinajstić information content (AvgIpc) is 2.39. The van der Waals surface area contributed by atoms with Crippen molar-refractivity contribution in [1.82, 2.24) is 4.68 Å². The molecule has 0 aliphatic carbocycles. The Morgan fingerprint density at radius 2 is 2.05 bits per heavy atom. The van der Waals surface area contributed by atoms with Crippen LogP contribution < -0.4 is 11.3 Å². The summed E-state index contributed by atoms with van der Waals surface area (Å²) in [5.74, 6) is -0.570. The van der Waals surface area contributed by atoms with Crippen LogP contribution in [-0.4, -0.2) is 16.0 Å². The molecule has 0 radical (unpaired) electrons. The number of benzene rings is 1. The van der Waals surface area contributed by atoms with E-state index >= 15 is 0 Å². The van der Waals surface area contributed by atoms with Gasteiger partial charge in [0.15, 0.2) is 0 Å². The fourth-order valence-corrected chi connectivity index (χ4v) is 1.50. The van der Waals surface area contributed by atoms with Crippen molar-refractivity contribution in [2.24, 2.45) is 5.10 Å². The first-order valence-corrected chi connectivity index (χ1v) is 5.37. The second-order valence-electron chi connectivity index (χ2n) is 3.72. The molecule has 0 aliphatic heterocycles. The molecule has 0 bridgehead atoms. The zero-order chi connectivity index (χ0) is 13.8. The van der Waals surface area contributed by atoms with Crippen LogP contribution >= 0.6 is 0 Å². The van der Waals surface area contributed by atoms with Gasteiger partial charge in [-0.05, 0) is 5.56 Å². The van der Waals surface area contributed by atoms with Crippen LogP contribution in [0.1, 0.15) is 11.1 Å². The fourth-order valence-electron chi connectivity index (χ4n) is 1.50. The summed E-state index contributed by atoms with van der Waals surface area (Å²) >= 11 is 0. The lowest BCUT2D eigenvalue weighted by Gasteiger charge is -2.05. The predicted molar refractivity (Wildman–Crippen MR) is 70.9 cm³/mol. The first-order chi connectivity index (χ1) is 9.13. The van der Waals surface area contributed by atoms with Crippen molar-refractivity contribution in [1.29, 1.82) is 5.26 Å². The molecule has 0 fully saturated rings. The number of nitriles is 1. The summed E-state index contributed by atoms with van der Waals surface area (Å²) in [6.45, 7) is 0. The lowest BCUT2D eigenvalue weighted by molar-refractivity contribution is 0.419. The molecule has 0 spiro atoms. The van der Waals surface area contributed by atoms with Gasteiger partial charge in [-0.25, -0.2) is 0 Å². The van der Waals surface area contributed by atoms with Crippen molar-refractivity contribution in [3.05, 3.63) is 57.9 Å². The number of pyridine rings is 1. The van der Waals surface area contributed by atoms with Crippen LogP contribution in [0.4, 0.5) is 5.69 Å².